The zero-order chi connectivity index (χ0) is 9.68. The third kappa shape index (κ3) is 2.97. The molecule has 0 aromatic carbocycles. The molecular formula is C9H17NO3. The van der Waals surface area contributed by atoms with E-state index in [2.05, 4.69) is 0 Å². The second kappa shape index (κ2) is 5.19. The van der Waals surface area contributed by atoms with Crippen molar-refractivity contribution in [2.45, 2.75) is 26.1 Å². The molecule has 1 aliphatic rings. The maximum Gasteiger partial charge on any atom is 0.222 e. The van der Waals surface area contributed by atoms with E-state index in [4.69, 9.17) is 9.47 Å². The van der Waals surface area contributed by atoms with Gasteiger partial charge in [-0.15, -0.1) is 0 Å². The fourth-order valence-electron chi connectivity index (χ4n) is 1.46. The number of hydrogen-bond acceptors (Lipinski definition) is 3. The van der Waals surface area contributed by atoms with E-state index in [0.717, 1.165) is 13.0 Å². The molecule has 4 nitrogen and oxygen atoms in total. The summed E-state index contributed by atoms with van der Waals surface area (Å²) in [5.74, 6) is 0.210. The molecule has 0 aromatic rings. The van der Waals surface area contributed by atoms with Gasteiger partial charge in [0.05, 0.1) is 6.54 Å². The van der Waals surface area contributed by atoms with E-state index in [1.807, 2.05) is 6.92 Å². The molecule has 0 N–H and O–H groups in total. The van der Waals surface area contributed by atoms with Crippen molar-refractivity contribution in [3.63, 3.8) is 0 Å². The molecule has 1 unspecified atom stereocenters. The van der Waals surface area contributed by atoms with E-state index >= 15 is 0 Å². The van der Waals surface area contributed by atoms with Gasteiger partial charge < -0.3 is 14.4 Å². The van der Waals surface area contributed by atoms with Gasteiger partial charge in [0.25, 0.3) is 0 Å². The molecule has 76 valence electrons. The molecule has 13 heavy (non-hydrogen) atoms. The first-order chi connectivity index (χ1) is 6.27. The molecule has 1 atom stereocenters. The number of rotatable bonds is 5. The van der Waals surface area contributed by atoms with Crippen LogP contribution in [0.15, 0.2) is 0 Å². The van der Waals surface area contributed by atoms with E-state index in [9.17, 15) is 4.79 Å². The quantitative estimate of drug-likeness (QED) is 0.592. The molecule has 0 spiro atoms. The van der Waals surface area contributed by atoms with Crippen LogP contribution in [0.5, 0.6) is 0 Å². The summed E-state index contributed by atoms with van der Waals surface area (Å²) >= 11 is 0. The Kier molecular flexibility index (Phi) is 4.18. The molecule has 0 aliphatic carbocycles. The van der Waals surface area contributed by atoms with Crippen molar-refractivity contribution in [2.24, 2.45) is 0 Å². The van der Waals surface area contributed by atoms with E-state index in [-0.39, 0.29) is 12.2 Å². The van der Waals surface area contributed by atoms with Crippen LogP contribution in [0.1, 0.15) is 19.8 Å². The lowest BCUT2D eigenvalue weighted by atomic mass is 10.4. The van der Waals surface area contributed by atoms with Gasteiger partial charge in [0.2, 0.25) is 5.91 Å². The molecule has 1 saturated heterocycles. The van der Waals surface area contributed by atoms with Crippen LogP contribution < -0.4 is 0 Å². The zero-order valence-corrected chi connectivity index (χ0v) is 8.28. The largest absolute Gasteiger partial charge is 0.354 e. The van der Waals surface area contributed by atoms with Gasteiger partial charge in [-0.25, -0.2) is 0 Å². The van der Waals surface area contributed by atoms with Crippen molar-refractivity contribution in [1.82, 2.24) is 4.90 Å². The van der Waals surface area contributed by atoms with Crippen LogP contribution in [-0.4, -0.2) is 43.9 Å². The molecule has 0 radical (unpaired) electrons. The maximum absolute atomic E-state index is 11.2. The highest BCUT2D eigenvalue weighted by Crippen LogP contribution is 2.10. The van der Waals surface area contributed by atoms with Gasteiger partial charge in [0.15, 0.2) is 6.29 Å². The number of methoxy groups -OCH3 is 1. The summed E-state index contributed by atoms with van der Waals surface area (Å²) in [5, 5.41) is 0. The molecule has 4 heteroatoms. The Morgan fingerprint density at radius 2 is 2.38 bits per heavy atom. The Morgan fingerprint density at radius 3 is 2.85 bits per heavy atom. The predicted molar refractivity (Wildman–Crippen MR) is 48.2 cm³/mol. The van der Waals surface area contributed by atoms with Crippen LogP contribution in [0.3, 0.4) is 0 Å². The monoisotopic (exact) mass is 187 g/mol. The minimum atomic E-state index is -0.271. The van der Waals surface area contributed by atoms with E-state index in [1.54, 1.807) is 12.0 Å². The molecule has 0 bridgehead atoms. The summed E-state index contributed by atoms with van der Waals surface area (Å²) in [7, 11) is 1.60. The van der Waals surface area contributed by atoms with Crippen LogP contribution in [0.25, 0.3) is 0 Å². The number of carbonyl (C=O) groups excluding carboxylic acids is 1. The Labute approximate surface area is 78.8 Å². The number of amides is 1. The normalized spacial score (nSPS) is 19.5. The number of ether oxygens (including phenoxy) is 2. The van der Waals surface area contributed by atoms with E-state index < -0.39 is 0 Å². The first-order valence-electron chi connectivity index (χ1n) is 4.70. The first kappa shape index (κ1) is 10.5. The molecule has 1 fully saturated rings. The van der Waals surface area contributed by atoms with Crippen LogP contribution in [0, 0.1) is 0 Å². The maximum atomic E-state index is 11.2. The summed E-state index contributed by atoms with van der Waals surface area (Å²) in [6.07, 6.45) is 1.36. The second-order valence-corrected chi connectivity index (χ2v) is 3.06. The fraction of sp³-hybridized carbons (Fsp3) is 0.889. The first-order valence-corrected chi connectivity index (χ1v) is 4.70. The molecule has 0 aromatic heterocycles. The fourth-order valence-corrected chi connectivity index (χ4v) is 1.46. The predicted octanol–water partition coefficient (Wildman–Crippen LogP) is 0.618. The van der Waals surface area contributed by atoms with Crippen LogP contribution in [0.4, 0.5) is 0 Å². The Balaban J connectivity index is 2.31. The lowest BCUT2D eigenvalue weighted by molar-refractivity contribution is -0.147. The summed E-state index contributed by atoms with van der Waals surface area (Å²) in [5.41, 5.74) is 0. The Morgan fingerprint density at radius 1 is 1.62 bits per heavy atom. The van der Waals surface area contributed by atoms with Gasteiger partial charge in [-0.1, -0.05) is 0 Å². The minimum absolute atomic E-state index is 0.210. The van der Waals surface area contributed by atoms with Crippen molar-refractivity contribution < 1.29 is 14.3 Å². The van der Waals surface area contributed by atoms with Crippen molar-refractivity contribution in [1.29, 1.82) is 0 Å². The zero-order valence-electron chi connectivity index (χ0n) is 8.28. The highest BCUT2D eigenvalue weighted by atomic mass is 16.7. The standard InChI is InChI=1S/C9H17NO3/c1-3-13-9(12-2)7-10-6-4-5-8(10)11/h9H,3-7H2,1-2H3. The van der Waals surface area contributed by atoms with E-state index in [0.29, 0.717) is 19.6 Å². The Hall–Kier alpha value is -0.610. The topological polar surface area (TPSA) is 38.8 Å². The molecular weight excluding hydrogens is 170 g/mol. The van der Waals surface area contributed by atoms with Crippen molar-refractivity contribution in [2.75, 3.05) is 26.8 Å². The highest BCUT2D eigenvalue weighted by molar-refractivity contribution is 5.78. The highest BCUT2D eigenvalue weighted by Gasteiger charge is 2.23. The molecule has 1 aliphatic heterocycles. The number of hydrogen-bond donors (Lipinski definition) is 0. The Bertz CT molecular complexity index is 172. The lowest BCUT2D eigenvalue weighted by Gasteiger charge is -2.22. The van der Waals surface area contributed by atoms with E-state index in [1.165, 1.54) is 0 Å². The molecule has 1 amide bonds. The smallest absolute Gasteiger partial charge is 0.222 e. The van der Waals surface area contributed by atoms with Crippen molar-refractivity contribution in [3.05, 3.63) is 0 Å². The third-order valence-electron chi connectivity index (χ3n) is 2.16. The van der Waals surface area contributed by atoms with Gasteiger partial charge in [-0.2, -0.15) is 0 Å². The minimum Gasteiger partial charge on any atom is -0.354 e. The van der Waals surface area contributed by atoms with Gasteiger partial charge in [-0.05, 0) is 13.3 Å². The van der Waals surface area contributed by atoms with Crippen molar-refractivity contribution >= 4 is 5.91 Å². The number of likely N-dealkylation sites (tertiary alicyclic amines) is 1. The number of nitrogens with zero attached hydrogens (tertiary/aromatic N) is 1. The average molecular weight is 187 g/mol. The average Bonchev–Trinajstić information content (AvgIpc) is 2.51. The van der Waals surface area contributed by atoms with Gasteiger partial charge in [0.1, 0.15) is 0 Å². The van der Waals surface area contributed by atoms with Crippen LogP contribution in [0.2, 0.25) is 0 Å². The second-order valence-electron chi connectivity index (χ2n) is 3.06. The van der Waals surface area contributed by atoms with Gasteiger partial charge in [0, 0.05) is 26.7 Å². The van der Waals surface area contributed by atoms with Crippen molar-refractivity contribution in [3.8, 4) is 0 Å². The number of carbonyl (C=O) groups is 1. The summed E-state index contributed by atoms with van der Waals surface area (Å²) < 4.78 is 10.4. The summed E-state index contributed by atoms with van der Waals surface area (Å²) in [4.78, 5) is 13.0. The molecule has 0 saturated carbocycles. The summed E-state index contributed by atoms with van der Waals surface area (Å²) in [6, 6.07) is 0. The molecule has 1 heterocycles. The third-order valence-corrected chi connectivity index (χ3v) is 2.16. The lowest BCUT2D eigenvalue weighted by Crippen LogP contribution is -2.35. The van der Waals surface area contributed by atoms with Crippen LogP contribution >= 0.6 is 0 Å². The SMILES string of the molecule is CCOC(CN1CCCC1=O)OC. The van der Waals surface area contributed by atoms with Gasteiger partial charge in [-0.3, -0.25) is 4.79 Å². The van der Waals surface area contributed by atoms with Crippen LogP contribution in [-0.2, 0) is 14.3 Å². The van der Waals surface area contributed by atoms with Gasteiger partial charge >= 0.3 is 0 Å². The summed E-state index contributed by atoms with van der Waals surface area (Å²) in [6.45, 7) is 3.92. The molecule has 1 rings (SSSR count).